The summed E-state index contributed by atoms with van der Waals surface area (Å²) in [4.78, 5) is 2.68. The van der Waals surface area contributed by atoms with E-state index in [1.807, 2.05) is 0 Å². The lowest BCUT2D eigenvalue weighted by Gasteiger charge is -2.57. The third-order valence-corrected chi connectivity index (χ3v) is 18.4. The third-order valence-electron chi connectivity index (χ3n) is 18.4. The minimum atomic E-state index is -0.0510. The van der Waals surface area contributed by atoms with Gasteiger partial charge < -0.3 is 18.5 Å². The van der Waals surface area contributed by atoms with Crippen LogP contribution in [-0.4, -0.2) is 11.4 Å². The van der Waals surface area contributed by atoms with Gasteiger partial charge in [-0.25, -0.2) is 0 Å². The average Bonchev–Trinajstić information content (AvgIpc) is 3.95. The Bertz CT molecular complexity index is 3250. The number of anilines is 2. The molecule has 61 heavy (non-hydrogen) atoms. The van der Waals surface area contributed by atoms with Crippen molar-refractivity contribution in [2.45, 2.75) is 94.8 Å². The fourth-order valence-electron chi connectivity index (χ4n) is 16.5. The molecule has 298 valence electrons. The summed E-state index contributed by atoms with van der Waals surface area (Å²) in [5.41, 5.74) is 17.3. The molecule has 17 rings (SSSR count). The molecule has 5 heteroatoms. The topological polar surface area (TPSA) is 30.5 Å². The van der Waals surface area contributed by atoms with Gasteiger partial charge in [0.1, 0.15) is 11.3 Å². The van der Waals surface area contributed by atoms with Crippen molar-refractivity contribution < 1.29 is 9.15 Å². The molecule has 5 heterocycles. The number of nitrogens with zero attached hydrogens (tertiary/aromatic N) is 2. The SMILES string of the molecule is CCC1(c2ccc3c(c2)c2cc(C45CC6CC(CC(C6)C4)C5)cc4c2n3-c2c3c(cc5c2oc2ccccc25)-c2cccc5c2N(B34)c2ccccc2O5)CC2CCC(C2)C1. The Kier molecular flexibility index (Phi) is 6.07. The van der Waals surface area contributed by atoms with E-state index < -0.39 is 0 Å². The van der Waals surface area contributed by atoms with Crippen LogP contribution in [0, 0.1) is 29.6 Å². The summed E-state index contributed by atoms with van der Waals surface area (Å²) in [5, 5.41) is 5.25. The molecule has 2 atom stereocenters. The van der Waals surface area contributed by atoms with Gasteiger partial charge >= 0.3 is 6.85 Å². The number of rotatable bonds is 3. The molecule has 6 fully saturated rings. The Labute approximate surface area is 357 Å². The lowest BCUT2D eigenvalue weighted by molar-refractivity contribution is -0.00509. The summed E-state index contributed by atoms with van der Waals surface area (Å²) < 4.78 is 16.7. The van der Waals surface area contributed by atoms with Crippen LogP contribution >= 0.6 is 0 Å². The van der Waals surface area contributed by atoms with Crippen LogP contribution in [0.1, 0.15) is 95.1 Å². The van der Waals surface area contributed by atoms with Crippen molar-refractivity contribution in [3.8, 4) is 28.3 Å². The van der Waals surface area contributed by atoms with Crippen molar-refractivity contribution in [2.75, 3.05) is 4.81 Å². The zero-order chi connectivity index (χ0) is 39.5. The number of hydrogen-bond acceptors (Lipinski definition) is 3. The van der Waals surface area contributed by atoms with Gasteiger partial charge in [-0.15, -0.1) is 0 Å². The zero-order valence-corrected chi connectivity index (χ0v) is 35.0. The predicted octanol–water partition coefficient (Wildman–Crippen LogP) is 13.4. The lowest BCUT2D eigenvalue weighted by atomic mass is 9.42. The predicted molar refractivity (Wildman–Crippen MR) is 249 cm³/mol. The van der Waals surface area contributed by atoms with Crippen molar-refractivity contribution in [1.29, 1.82) is 0 Å². The Morgan fingerprint density at radius 1 is 0.623 bits per heavy atom. The van der Waals surface area contributed by atoms with Gasteiger partial charge in [-0.2, -0.15) is 0 Å². The van der Waals surface area contributed by atoms with Crippen molar-refractivity contribution in [3.05, 3.63) is 114 Å². The molecule has 8 aromatic rings. The van der Waals surface area contributed by atoms with Gasteiger partial charge in [0, 0.05) is 27.1 Å². The van der Waals surface area contributed by atoms with Crippen molar-refractivity contribution in [2.24, 2.45) is 29.6 Å². The number of furan rings is 1. The van der Waals surface area contributed by atoms with Crippen LogP contribution in [0.5, 0.6) is 11.5 Å². The van der Waals surface area contributed by atoms with Gasteiger partial charge in [0.05, 0.1) is 28.1 Å². The lowest BCUT2D eigenvalue weighted by Crippen LogP contribution is -2.61. The maximum absolute atomic E-state index is 7.16. The number of para-hydroxylation sites is 4. The summed E-state index contributed by atoms with van der Waals surface area (Å²) in [6.45, 7) is 2.43. The molecule has 6 aromatic carbocycles. The van der Waals surface area contributed by atoms with E-state index in [0.717, 1.165) is 57.9 Å². The first kappa shape index (κ1) is 33.2. The molecule has 2 unspecified atom stereocenters. The fourth-order valence-corrected chi connectivity index (χ4v) is 16.5. The zero-order valence-electron chi connectivity index (χ0n) is 35.0. The van der Waals surface area contributed by atoms with Crippen molar-refractivity contribution >= 4 is 72.9 Å². The summed E-state index contributed by atoms with van der Waals surface area (Å²) in [6, 6.07) is 40.0. The van der Waals surface area contributed by atoms with E-state index >= 15 is 0 Å². The molecule has 2 aromatic heterocycles. The van der Waals surface area contributed by atoms with Gasteiger partial charge in [0.2, 0.25) is 0 Å². The molecule has 0 amide bonds. The van der Waals surface area contributed by atoms with E-state index in [9.17, 15) is 0 Å². The maximum Gasteiger partial charge on any atom is 0.333 e. The summed E-state index contributed by atoms with van der Waals surface area (Å²) in [7, 11) is 0. The first-order valence-corrected chi connectivity index (χ1v) is 23.8. The summed E-state index contributed by atoms with van der Waals surface area (Å²) in [6.07, 6.45) is 16.6. The second kappa shape index (κ2) is 11.1. The Hall–Kier alpha value is -5.42. The maximum atomic E-state index is 7.16. The molecule has 0 N–H and O–H groups in total. The van der Waals surface area contributed by atoms with Crippen molar-refractivity contribution in [3.63, 3.8) is 0 Å². The molecule has 6 aliphatic carbocycles. The highest BCUT2D eigenvalue weighted by Crippen LogP contribution is 2.62. The van der Waals surface area contributed by atoms with E-state index in [0.29, 0.717) is 0 Å². The first-order chi connectivity index (χ1) is 30.0. The van der Waals surface area contributed by atoms with Gasteiger partial charge in [-0.05, 0) is 181 Å². The monoisotopic (exact) mass is 792 g/mol. The summed E-state index contributed by atoms with van der Waals surface area (Å²) >= 11 is 0. The summed E-state index contributed by atoms with van der Waals surface area (Å²) in [5.74, 6) is 6.26. The Balaban J connectivity index is 1.07. The highest BCUT2D eigenvalue weighted by molar-refractivity contribution is 6.94. The molecule has 0 spiro atoms. The molecule has 4 nitrogen and oxygen atoms in total. The minimum Gasteiger partial charge on any atom is -0.454 e. The molecule has 0 radical (unpaired) electrons. The average molecular weight is 793 g/mol. The molecule has 0 saturated heterocycles. The standard InChI is InChI=1S/C56H49BN2O2/c1-2-55(26-31-14-15-32(18-31)27-55)36-16-17-45-40(22-36)42-23-37(56-28-33-19-34(29-56)21-35(20-33)30-56)24-44-51(42)58(45)53-50-41(25-43-38-8-3-5-11-47(38)61-54(43)53)39-9-7-13-49-52(39)59(57(44)50)46-10-4-6-12-48(46)60-49/h3-13,16-17,22-25,31-35H,2,14-15,18-21,26-30H2,1H3. The largest absolute Gasteiger partial charge is 0.454 e. The highest BCUT2D eigenvalue weighted by Gasteiger charge is 2.54. The van der Waals surface area contributed by atoms with E-state index in [2.05, 4.69) is 119 Å². The molecule has 3 aliphatic heterocycles. The second-order valence-electron chi connectivity index (χ2n) is 21.5. The van der Waals surface area contributed by atoms with Crippen LogP contribution in [0.25, 0.3) is 60.6 Å². The fraction of sp³-hybridized carbons (Fsp3) is 0.357. The molecular formula is C56H49BN2O2. The smallest absolute Gasteiger partial charge is 0.333 e. The molecule has 6 saturated carbocycles. The van der Waals surface area contributed by atoms with Crippen molar-refractivity contribution in [1.82, 2.24) is 4.57 Å². The van der Waals surface area contributed by atoms with Gasteiger partial charge in [0.15, 0.2) is 11.3 Å². The van der Waals surface area contributed by atoms with Gasteiger partial charge in [-0.1, -0.05) is 74.4 Å². The van der Waals surface area contributed by atoms with Crippen LogP contribution in [0.4, 0.5) is 11.4 Å². The molecule has 6 bridgehead atoms. The Morgan fingerprint density at radius 2 is 1.36 bits per heavy atom. The minimum absolute atomic E-state index is 0.0510. The second-order valence-corrected chi connectivity index (χ2v) is 21.5. The molecule has 9 aliphatic rings. The number of benzene rings is 6. The third kappa shape index (κ3) is 4.07. The van der Waals surface area contributed by atoms with Gasteiger partial charge in [-0.3, -0.25) is 0 Å². The van der Waals surface area contributed by atoms with Gasteiger partial charge in [0.25, 0.3) is 0 Å². The van der Waals surface area contributed by atoms with Crippen LogP contribution < -0.4 is 20.5 Å². The van der Waals surface area contributed by atoms with E-state index in [1.54, 1.807) is 11.1 Å². The van der Waals surface area contributed by atoms with Crippen LogP contribution in [0.15, 0.2) is 108 Å². The number of hydrogen-bond donors (Lipinski definition) is 0. The number of aromatic nitrogens is 1. The first-order valence-electron chi connectivity index (χ1n) is 23.8. The Morgan fingerprint density at radius 3 is 2.18 bits per heavy atom. The quantitative estimate of drug-likeness (QED) is 0.167. The highest BCUT2D eigenvalue weighted by atomic mass is 16.5. The van der Waals surface area contributed by atoms with Crippen LogP contribution in [0.2, 0.25) is 0 Å². The molecular weight excluding hydrogens is 743 g/mol. The number of ether oxygens (including phenoxy) is 1. The van der Waals surface area contributed by atoms with E-state index in [-0.39, 0.29) is 17.7 Å². The van der Waals surface area contributed by atoms with E-state index in [4.69, 9.17) is 9.15 Å². The number of fused-ring (bicyclic) bond motifs is 15. The van der Waals surface area contributed by atoms with E-state index in [1.165, 1.54) is 143 Å². The van der Waals surface area contributed by atoms with Crippen LogP contribution in [0.3, 0.4) is 0 Å². The normalized spacial score (nSPS) is 29.4. The van der Waals surface area contributed by atoms with Crippen LogP contribution in [-0.2, 0) is 10.8 Å².